The number of ether oxygens (including phenoxy) is 1. The lowest BCUT2D eigenvalue weighted by Gasteiger charge is -2.07. The molecule has 2 rings (SSSR count). The Kier molecular flexibility index (Phi) is 2.17. The van der Waals surface area contributed by atoms with Crippen LogP contribution < -0.4 is 0 Å². The van der Waals surface area contributed by atoms with Crippen molar-refractivity contribution in [3.63, 3.8) is 0 Å². The van der Waals surface area contributed by atoms with Gasteiger partial charge in [0.15, 0.2) is 0 Å². The molecule has 0 atom stereocenters. The smallest absolute Gasteiger partial charge is 0.331 e. The van der Waals surface area contributed by atoms with Crippen LogP contribution in [0.3, 0.4) is 0 Å². The summed E-state index contributed by atoms with van der Waals surface area (Å²) in [5.74, 6) is -0.444. The highest BCUT2D eigenvalue weighted by Gasteiger charge is 2.14. The predicted molar refractivity (Wildman–Crippen MR) is 51.9 cm³/mol. The second-order valence-electron chi connectivity index (χ2n) is 2.90. The lowest BCUT2D eigenvalue weighted by atomic mass is 10.1. The first-order chi connectivity index (χ1) is 6.68. The van der Waals surface area contributed by atoms with Crippen LogP contribution in [0, 0.1) is 0 Å². The molecule has 0 aromatic heterocycles. The Balaban J connectivity index is 2.56. The third kappa shape index (κ3) is 1.46. The molecular weight excluding hydrogens is 204 g/mol. The van der Waals surface area contributed by atoms with Gasteiger partial charge in [-0.25, -0.2) is 4.79 Å². The molecule has 0 saturated heterocycles. The van der Waals surface area contributed by atoms with Crippen LogP contribution in [0.2, 0.25) is 5.02 Å². The van der Waals surface area contributed by atoms with Crippen LogP contribution in [-0.2, 0) is 16.1 Å². The number of cyclic esters (lactones) is 1. The van der Waals surface area contributed by atoms with Gasteiger partial charge >= 0.3 is 5.97 Å². The molecule has 3 nitrogen and oxygen atoms in total. The highest BCUT2D eigenvalue weighted by atomic mass is 35.5. The van der Waals surface area contributed by atoms with E-state index in [2.05, 4.69) is 0 Å². The van der Waals surface area contributed by atoms with Crippen molar-refractivity contribution in [2.24, 2.45) is 0 Å². The first kappa shape index (κ1) is 9.09. The number of rotatable bonds is 0. The number of carbonyl (C=O) groups is 1. The van der Waals surface area contributed by atoms with Gasteiger partial charge in [-0.05, 0) is 17.7 Å². The van der Waals surface area contributed by atoms with Crippen LogP contribution in [0.25, 0.3) is 6.08 Å². The van der Waals surface area contributed by atoms with Gasteiger partial charge in [-0.15, -0.1) is 0 Å². The Bertz CT molecular complexity index is 424. The number of halogens is 1. The maximum Gasteiger partial charge on any atom is 0.331 e. The minimum atomic E-state index is -0.420. The molecule has 0 amide bonds. The molecule has 72 valence electrons. The molecule has 0 aliphatic carbocycles. The molecular formula is C10H7ClO3. The van der Waals surface area contributed by atoms with Crippen LogP contribution >= 0.6 is 11.6 Å². The SMILES string of the molecule is O=C1C=Cc2ccc(Cl)c(O)c2CO1. The summed E-state index contributed by atoms with van der Waals surface area (Å²) in [7, 11) is 0. The van der Waals surface area contributed by atoms with Crippen LogP contribution in [0.4, 0.5) is 0 Å². The van der Waals surface area contributed by atoms with Crippen LogP contribution in [0.1, 0.15) is 11.1 Å². The van der Waals surface area contributed by atoms with Crippen molar-refractivity contribution in [2.75, 3.05) is 0 Å². The largest absolute Gasteiger partial charge is 0.506 e. The highest BCUT2D eigenvalue weighted by molar-refractivity contribution is 6.32. The number of esters is 1. The van der Waals surface area contributed by atoms with E-state index in [4.69, 9.17) is 16.3 Å². The molecule has 4 heteroatoms. The predicted octanol–water partition coefficient (Wildman–Crippen LogP) is 2.12. The molecule has 14 heavy (non-hydrogen) atoms. The van der Waals surface area contributed by atoms with Crippen molar-refractivity contribution in [3.05, 3.63) is 34.4 Å². The number of carbonyl (C=O) groups excluding carboxylic acids is 1. The zero-order valence-corrected chi connectivity index (χ0v) is 7.91. The average molecular weight is 211 g/mol. The second-order valence-corrected chi connectivity index (χ2v) is 3.31. The molecule has 0 saturated carbocycles. The average Bonchev–Trinajstić information content (AvgIpc) is 2.35. The zero-order chi connectivity index (χ0) is 10.1. The van der Waals surface area contributed by atoms with Gasteiger partial charge in [0.1, 0.15) is 12.4 Å². The van der Waals surface area contributed by atoms with Crippen molar-refractivity contribution >= 4 is 23.6 Å². The van der Waals surface area contributed by atoms with Crippen molar-refractivity contribution in [2.45, 2.75) is 6.61 Å². The first-order valence-corrected chi connectivity index (χ1v) is 4.41. The molecule has 0 fully saturated rings. The fourth-order valence-corrected chi connectivity index (χ4v) is 1.46. The molecule has 1 aromatic carbocycles. The maximum atomic E-state index is 10.9. The van der Waals surface area contributed by atoms with Crippen LogP contribution in [-0.4, -0.2) is 11.1 Å². The van der Waals surface area contributed by atoms with E-state index in [1.54, 1.807) is 18.2 Å². The van der Waals surface area contributed by atoms with Gasteiger partial charge in [0, 0.05) is 11.6 Å². The number of benzene rings is 1. The van der Waals surface area contributed by atoms with E-state index >= 15 is 0 Å². The van der Waals surface area contributed by atoms with Gasteiger partial charge in [0.05, 0.1) is 5.02 Å². The molecule has 0 spiro atoms. The van der Waals surface area contributed by atoms with E-state index in [9.17, 15) is 9.90 Å². The summed E-state index contributed by atoms with van der Waals surface area (Å²) in [5, 5.41) is 9.86. The van der Waals surface area contributed by atoms with Crippen molar-refractivity contribution in [3.8, 4) is 5.75 Å². The van der Waals surface area contributed by atoms with E-state index in [-0.39, 0.29) is 17.4 Å². The van der Waals surface area contributed by atoms with Gasteiger partial charge in [-0.2, -0.15) is 0 Å². The normalized spacial score (nSPS) is 14.5. The lowest BCUT2D eigenvalue weighted by Crippen LogP contribution is -1.98. The van der Waals surface area contributed by atoms with Crippen LogP contribution in [0.5, 0.6) is 5.75 Å². The molecule has 1 aliphatic rings. The van der Waals surface area contributed by atoms with E-state index in [0.29, 0.717) is 5.56 Å². The van der Waals surface area contributed by atoms with Gasteiger partial charge < -0.3 is 9.84 Å². The van der Waals surface area contributed by atoms with Crippen LogP contribution in [0.15, 0.2) is 18.2 Å². The topological polar surface area (TPSA) is 46.5 Å². The monoisotopic (exact) mass is 210 g/mol. The van der Waals surface area contributed by atoms with Gasteiger partial charge in [0.2, 0.25) is 0 Å². The summed E-state index contributed by atoms with van der Waals surface area (Å²) in [6.07, 6.45) is 2.92. The van der Waals surface area contributed by atoms with Gasteiger partial charge in [0.25, 0.3) is 0 Å². The molecule has 0 bridgehead atoms. The lowest BCUT2D eigenvalue weighted by molar-refractivity contribution is -0.138. The Morgan fingerprint density at radius 2 is 2.14 bits per heavy atom. The quantitative estimate of drug-likeness (QED) is 0.668. The number of fused-ring (bicyclic) bond motifs is 1. The van der Waals surface area contributed by atoms with E-state index in [0.717, 1.165) is 5.56 Å². The molecule has 1 aromatic rings. The number of hydrogen-bond acceptors (Lipinski definition) is 3. The van der Waals surface area contributed by atoms with Crippen molar-refractivity contribution in [1.29, 1.82) is 0 Å². The zero-order valence-electron chi connectivity index (χ0n) is 7.16. The Hall–Kier alpha value is -1.48. The fraction of sp³-hybridized carbons (Fsp3) is 0.100. The second kappa shape index (κ2) is 3.35. The summed E-state index contributed by atoms with van der Waals surface area (Å²) >= 11 is 5.72. The summed E-state index contributed by atoms with van der Waals surface area (Å²) in [4.78, 5) is 10.9. The summed E-state index contributed by atoms with van der Waals surface area (Å²) < 4.78 is 4.82. The molecule has 0 radical (unpaired) electrons. The molecule has 0 unspecified atom stereocenters. The van der Waals surface area contributed by atoms with E-state index in [1.807, 2.05) is 0 Å². The van der Waals surface area contributed by atoms with Crippen molar-refractivity contribution in [1.82, 2.24) is 0 Å². The van der Waals surface area contributed by atoms with Crippen molar-refractivity contribution < 1.29 is 14.6 Å². The highest BCUT2D eigenvalue weighted by Crippen LogP contribution is 2.32. The summed E-state index contributed by atoms with van der Waals surface area (Å²) in [6, 6.07) is 3.31. The number of hydrogen-bond donors (Lipinski definition) is 1. The number of aromatic hydroxyl groups is 1. The first-order valence-electron chi connectivity index (χ1n) is 4.03. The molecule has 1 N–H and O–H groups in total. The van der Waals surface area contributed by atoms with E-state index < -0.39 is 5.97 Å². The Morgan fingerprint density at radius 3 is 2.93 bits per heavy atom. The Labute approximate surface area is 85.6 Å². The minimum Gasteiger partial charge on any atom is -0.506 e. The maximum absolute atomic E-state index is 10.9. The standard InChI is InChI=1S/C10H7ClO3/c11-8-3-1-6-2-4-9(12)14-5-7(6)10(8)13/h1-4,13H,5H2. The minimum absolute atomic E-state index is 0.0245. The number of phenolic OH excluding ortho intramolecular Hbond substituents is 1. The van der Waals surface area contributed by atoms with Gasteiger partial charge in [-0.3, -0.25) is 0 Å². The fourth-order valence-electron chi connectivity index (χ4n) is 1.28. The number of phenols is 1. The Morgan fingerprint density at radius 1 is 1.36 bits per heavy atom. The van der Waals surface area contributed by atoms with Gasteiger partial charge in [-0.1, -0.05) is 17.7 Å². The third-order valence-electron chi connectivity index (χ3n) is 2.03. The third-order valence-corrected chi connectivity index (χ3v) is 2.33. The molecule has 1 heterocycles. The summed E-state index contributed by atoms with van der Waals surface area (Å²) in [5.41, 5.74) is 1.29. The van der Waals surface area contributed by atoms with E-state index in [1.165, 1.54) is 6.08 Å². The summed E-state index contributed by atoms with van der Waals surface area (Å²) in [6.45, 7) is 0.0492. The molecule has 1 aliphatic heterocycles.